The quantitative estimate of drug-likeness (QED) is 0.284. The molecule has 0 aromatic heterocycles. The third-order valence-electron chi connectivity index (χ3n) is 3.72. The average Bonchev–Trinajstić information content (AvgIpc) is 2.53. The molecule has 148 valence electrons. The van der Waals surface area contributed by atoms with Gasteiger partial charge in [-0.15, -0.1) is 0 Å². The van der Waals surface area contributed by atoms with Gasteiger partial charge in [0.05, 0.1) is 0 Å². The minimum absolute atomic E-state index is 0.0614. The summed E-state index contributed by atoms with van der Waals surface area (Å²) in [6, 6.07) is 1.87. The molecule has 0 saturated carbocycles. The molecule has 0 aliphatic rings. The lowest BCUT2D eigenvalue weighted by atomic mass is 9.95. The SMILES string of the molecule is CCCCCC(=O)c1ccc(C(F)(F)C(F)(F)C(F)(F)C(F)(F)F)cc1. The van der Waals surface area contributed by atoms with Crippen molar-refractivity contribution in [3.05, 3.63) is 35.4 Å². The number of halogens is 9. The number of rotatable bonds is 8. The van der Waals surface area contributed by atoms with Gasteiger partial charge in [0.25, 0.3) is 0 Å². The van der Waals surface area contributed by atoms with E-state index in [2.05, 4.69) is 0 Å². The number of unbranched alkanes of at least 4 members (excludes halogenated alkanes) is 2. The number of carbonyl (C=O) groups excluding carboxylic acids is 1. The normalized spacial score (nSPS) is 13.8. The summed E-state index contributed by atoms with van der Waals surface area (Å²) in [6.45, 7) is 1.87. The first-order chi connectivity index (χ1) is 11.7. The van der Waals surface area contributed by atoms with Crippen LogP contribution in [0.4, 0.5) is 39.5 Å². The van der Waals surface area contributed by atoms with Crippen molar-refractivity contribution < 1.29 is 44.3 Å². The number of alkyl halides is 9. The Morgan fingerprint density at radius 3 is 1.73 bits per heavy atom. The summed E-state index contributed by atoms with van der Waals surface area (Å²) in [5, 5.41) is 0. The predicted molar refractivity (Wildman–Crippen MR) is 74.8 cm³/mol. The van der Waals surface area contributed by atoms with E-state index in [1.807, 2.05) is 6.92 Å². The van der Waals surface area contributed by atoms with Gasteiger partial charge >= 0.3 is 23.9 Å². The zero-order valence-corrected chi connectivity index (χ0v) is 13.4. The molecular weight excluding hydrogens is 379 g/mol. The van der Waals surface area contributed by atoms with E-state index in [4.69, 9.17) is 0 Å². The fraction of sp³-hybridized carbons (Fsp3) is 0.562. The first-order valence-corrected chi connectivity index (χ1v) is 7.54. The summed E-state index contributed by atoms with van der Waals surface area (Å²) in [5.74, 6) is -20.0. The smallest absolute Gasteiger partial charge is 0.294 e. The molecule has 0 fully saturated rings. The molecule has 0 saturated heterocycles. The zero-order chi connectivity index (χ0) is 20.4. The average molecular weight is 394 g/mol. The van der Waals surface area contributed by atoms with Gasteiger partial charge < -0.3 is 0 Å². The third kappa shape index (κ3) is 3.98. The highest BCUT2D eigenvalue weighted by Gasteiger charge is 2.81. The summed E-state index contributed by atoms with van der Waals surface area (Å²) in [5.41, 5.74) is -1.89. The molecular formula is C16H15F9O. The van der Waals surface area contributed by atoms with E-state index in [0.717, 1.165) is 12.8 Å². The Hall–Kier alpha value is -1.74. The van der Waals surface area contributed by atoms with Crippen LogP contribution in [0.25, 0.3) is 0 Å². The number of hydrogen-bond donors (Lipinski definition) is 0. The number of ketones is 1. The molecule has 0 aliphatic carbocycles. The Morgan fingerprint density at radius 2 is 1.31 bits per heavy atom. The lowest BCUT2D eigenvalue weighted by Crippen LogP contribution is -2.59. The molecule has 0 radical (unpaired) electrons. The van der Waals surface area contributed by atoms with E-state index in [1.165, 1.54) is 0 Å². The second kappa shape index (κ2) is 7.48. The van der Waals surface area contributed by atoms with Crippen molar-refractivity contribution in [1.82, 2.24) is 0 Å². The Balaban J connectivity index is 3.12. The number of Topliss-reactive ketones (excluding diaryl/α,β-unsaturated/α-hetero) is 1. The van der Waals surface area contributed by atoms with Crippen LogP contribution in [0.5, 0.6) is 0 Å². The molecule has 0 N–H and O–H groups in total. The van der Waals surface area contributed by atoms with E-state index >= 15 is 0 Å². The fourth-order valence-corrected chi connectivity index (χ4v) is 2.10. The van der Waals surface area contributed by atoms with Crippen LogP contribution in [0.1, 0.15) is 48.5 Å². The van der Waals surface area contributed by atoms with E-state index in [-0.39, 0.29) is 24.1 Å². The largest absolute Gasteiger partial charge is 0.460 e. The lowest BCUT2D eigenvalue weighted by Gasteiger charge is -2.33. The Morgan fingerprint density at radius 1 is 0.808 bits per heavy atom. The molecule has 1 aromatic rings. The van der Waals surface area contributed by atoms with Gasteiger partial charge in [-0.05, 0) is 6.42 Å². The van der Waals surface area contributed by atoms with Gasteiger partial charge in [0.2, 0.25) is 0 Å². The maximum atomic E-state index is 13.7. The van der Waals surface area contributed by atoms with Crippen molar-refractivity contribution in [2.45, 2.75) is 56.6 Å². The second-order valence-corrected chi connectivity index (χ2v) is 5.68. The van der Waals surface area contributed by atoms with E-state index in [1.54, 1.807) is 0 Å². The van der Waals surface area contributed by atoms with Crippen molar-refractivity contribution >= 4 is 5.78 Å². The first kappa shape index (κ1) is 22.3. The van der Waals surface area contributed by atoms with Crippen LogP contribution in [0.15, 0.2) is 24.3 Å². The van der Waals surface area contributed by atoms with Gasteiger partial charge in [0.1, 0.15) is 0 Å². The Labute approximate surface area is 143 Å². The van der Waals surface area contributed by atoms with Gasteiger partial charge in [-0.3, -0.25) is 4.79 Å². The van der Waals surface area contributed by atoms with Crippen molar-refractivity contribution in [1.29, 1.82) is 0 Å². The Bertz CT molecular complexity index is 618. The topological polar surface area (TPSA) is 17.1 Å². The van der Waals surface area contributed by atoms with Gasteiger partial charge in [-0.2, -0.15) is 39.5 Å². The van der Waals surface area contributed by atoms with Crippen LogP contribution in [0, 0.1) is 0 Å². The van der Waals surface area contributed by atoms with Crippen molar-refractivity contribution in [3.8, 4) is 0 Å². The van der Waals surface area contributed by atoms with Gasteiger partial charge in [0.15, 0.2) is 5.78 Å². The summed E-state index contributed by atoms with van der Waals surface area (Å²) >= 11 is 0. The number of carbonyl (C=O) groups is 1. The zero-order valence-electron chi connectivity index (χ0n) is 13.4. The van der Waals surface area contributed by atoms with Crippen molar-refractivity contribution in [2.75, 3.05) is 0 Å². The number of hydrogen-bond acceptors (Lipinski definition) is 1. The maximum absolute atomic E-state index is 13.7. The molecule has 0 bridgehead atoms. The minimum Gasteiger partial charge on any atom is -0.294 e. The molecule has 0 unspecified atom stereocenters. The highest BCUT2D eigenvalue weighted by atomic mass is 19.4. The molecule has 0 spiro atoms. The van der Waals surface area contributed by atoms with Crippen LogP contribution in [0.3, 0.4) is 0 Å². The van der Waals surface area contributed by atoms with Gasteiger partial charge in [-0.1, -0.05) is 44.0 Å². The third-order valence-corrected chi connectivity index (χ3v) is 3.72. The van der Waals surface area contributed by atoms with Crippen LogP contribution in [-0.2, 0) is 5.92 Å². The van der Waals surface area contributed by atoms with E-state index in [0.29, 0.717) is 18.6 Å². The summed E-state index contributed by atoms with van der Waals surface area (Å²) in [7, 11) is 0. The maximum Gasteiger partial charge on any atom is 0.460 e. The predicted octanol–water partition coefficient (Wildman–Crippen LogP) is 6.37. The Kier molecular flexibility index (Phi) is 6.41. The van der Waals surface area contributed by atoms with Crippen LogP contribution in [0.2, 0.25) is 0 Å². The van der Waals surface area contributed by atoms with Crippen LogP contribution >= 0.6 is 0 Å². The minimum atomic E-state index is -6.95. The monoisotopic (exact) mass is 394 g/mol. The fourth-order valence-electron chi connectivity index (χ4n) is 2.10. The highest BCUT2D eigenvalue weighted by molar-refractivity contribution is 5.96. The molecule has 0 aliphatic heterocycles. The molecule has 26 heavy (non-hydrogen) atoms. The molecule has 1 rings (SSSR count). The lowest BCUT2D eigenvalue weighted by molar-refractivity contribution is -0.399. The highest BCUT2D eigenvalue weighted by Crippen LogP contribution is 2.56. The van der Waals surface area contributed by atoms with E-state index < -0.39 is 35.3 Å². The summed E-state index contributed by atoms with van der Waals surface area (Å²) in [6.07, 6.45) is -4.77. The molecule has 10 heteroatoms. The molecule has 0 amide bonds. The van der Waals surface area contributed by atoms with Crippen molar-refractivity contribution in [2.24, 2.45) is 0 Å². The molecule has 0 atom stereocenters. The van der Waals surface area contributed by atoms with E-state index in [9.17, 15) is 44.3 Å². The van der Waals surface area contributed by atoms with Crippen molar-refractivity contribution in [3.63, 3.8) is 0 Å². The van der Waals surface area contributed by atoms with Gasteiger partial charge in [0, 0.05) is 17.5 Å². The molecule has 1 aromatic carbocycles. The standard InChI is InChI=1S/C16H15F9O/c1-2-3-4-5-12(26)10-6-8-11(9-7-10)13(17,18)14(19,20)15(21,22)16(23,24)25/h6-9H,2-5H2,1H3. The first-order valence-electron chi connectivity index (χ1n) is 7.54. The van der Waals surface area contributed by atoms with Gasteiger partial charge in [-0.25, -0.2) is 0 Å². The second-order valence-electron chi connectivity index (χ2n) is 5.68. The summed E-state index contributed by atoms with van der Waals surface area (Å²) < 4.78 is 116. The van der Waals surface area contributed by atoms with Crippen LogP contribution in [-0.4, -0.2) is 23.8 Å². The number of benzene rings is 1. The van der Waals surface area contributed by atoms with Crippen LogP contribution < -0.4 is 0 Å². The molecule has 1 nitrogen and oxygen atoms in total. The molecule has 0 heterocycles. The summed E-state index contributed by atoms with van der Waals surface area (Å²) in [4.78, 5) is 11.8.